The fraction of sp³-hybridized carbons (Fsp3) is 0. The van der Waals surface area contributed by atoms with Gasteiger partial charge in [-0.2, -0.15) is 10.5 Å². The lowest BCUT2D eigenvalue weighted by Gasteiger charge is -2.19. The molecule has 0 saturated carbocycles. The van der Waals surface area contributed by atoms with Gasteiger partial charge in [0.2, 0.25) is 0 Å². The van der Waals surface area contributed by atoms with Crippen LogP contribution in [-0.4, -0.2) is 9.13 Å². The van der Waals surface area contributed by atoms with Gasteiger partial charge in [0, 0.05) is 60.3 Å². The lowest BCUT2D eigenvalue weighted by Crippen LogP contribution is -2.02. The van der Waals surface area contributed by atoms with E-state index in [-0.39, 0.29) is 0 Å². The quantitative estimate of drug-likeness (QED) is 0.178. The predicted molar refractivity (Wildman–Crippen MR) is 250 cm³/mol. The number of fused-ring (bicyclic) bond motifs is 14. The van der Waals surface area contributed by atoms with Crippen LogP contribution in [0.3, 0.4) is 0 Å². The van der Waals surface area contributed by atoms with Gasteiger partial charge in [-0.05, 0) is 66.7 Å². The van der Waals surface area contributed by atoms with Crippen LogP contribution >= 0.6 is 0 Å². The molecule has 0 bridgehead atoms. The zero-order valence-electron chi connectivity index (χ0n) is 32.9. The maximum atomic E-state index is 11.1. The molecule has 13 aromatic rings. The number of furan rings is 2. The van der Waals surface area contributed by atoms with E-state index in [0.29, 0.717) is 16.7 Å². The lowest BCUT2D eigenvalue weighted by atomic mass is 9.90. The fourth-order valence-electron chi connectivity index (χ4n) is 10.0. The van der Waals surface area contributed by atoms with Crippen LogP contribution in [0.4, 0.5) is 0 Å². The molecule has 0 amide bonds. The average molecular weight is 791 g/mol. The van der Waals surface area contributed by atoms with Crippen molar-refractivity contribution in [2.45, 2.75) is 0 Å². The minimum absolute atomic E-state index is 0.494. The molecule has 0 fully saturated rings. The van der Waals surface area contributed by atoms with Crippen LogP contribution < -0.4 is 0 Å². The van der Waals surface area contributed by atoms with Gasteiger partial charge in [-0.1, -0.05) is 115 Å². The molecule has 13 rings (SSSR count). The molecule has 0 spiro atoms. The largest absolute Gasteiger partial charge is 0.455 e. The second-order valence-corrected chi connectivity index (χ2v) is 15.8. The Morgan fingerprint density at radius 3 is 1.52 bits per heavy atom. The first-order valence-electron chi connectivity index (χ1n) is 20.5. The molecule has 0 saturated heterocycles. The molecule has 4 aromatic heterocycles. The van der Waals surface area contributed by atoms with Crippen molar-refractivity contribution in [3.05, 3.63) is 193 Å². The second kappa shape index (κ2) is 12.8. The van der Waals surface area contributed by atoms with E-state index in [1.54, 1.807) is 6.07 Å². The summed E-state index contributed by atoms with van der Waals surface area (Å²) < 4.78 is 18.0. The molecular weight excluding hydrogens is 761 g/mol. The number of nitriles is 2. The van der Waals surface area contributed by atoms with Crippen molar-refractivity contribution in [1.29, 1.82) is 10.5 Å². The molecule has 9 aromatic carbocycles. The van der Waals surface area contributed by atoms with Crippen LogP contribution in [0, 0.1) is 22.7 Å². The second-order valence-electron chi connectivity index (χ2n) is 15.8. The standard InChI is InChI=1S/C56H30N4O2/c57-31-33-12-1-2-13-35(33)36-18-11-19-37(45(36)32-58)38-25-24-34(59-46-20-7-3-16-43(46)53-48(59)28-26-41-39-14-5-9-22-51(39)61-55(41)53)30-50(38)60-47-21-8-4-17-44(47)54-49(60)29-27-42-40-15-6-10-23-52(40)62-56(42)54/h1-30H. The van der Waals surface area contributed by atoms with Crippen molar-refractivity contribution in [1.82, 2.24) is 9.13 Å². The Hall–Kier alpha value is -8.84. The van der Waals surface area contributed by atoms with E-state index < -0.39 is 0 Å². The normalized spacial score (nSPS) is 11.8. The first-order chi connectivity index (χ1) is 30.7. The van der Waals surface area contributed by atoms with Gasteiger partial charge in [0.1, 0.15) is 28.4 Å². The fourth-order valence-corrected chi connectivity index (χ4v) is 10.0. The van der Waals surface area contributed by atoms with Gasteiger partial charge in [0.25, 0.3) is 0 Å². The topological polar surface area (TPSA) is 83.7 Å². The predicted octanol–water partition coefficient (Wildman–Crippen LogP) is 14.8. The van der Waals surface area contributed by atoms with Gasteiger partial charge in [0.05, 0.1) is 55.7 Å². The highest BCUT2D eigenvalue weighted by Gasteiger charge is 2.25. The number of hydrogen-bond donors (Lipinski definition) is 0. The van der Waals surface area contributed by atoms with Crippen LogP contribution in [0.1, 0.15) is 11.1 Å². The summed E-state index contributed by atoms with van der Waals surface area (Å²) in [6, 6.07) is 66.9. The summed E-state index contributed by atoms with van der Waals surface area (Å²) in [4.78, 5) is 0. The highest BCUT2D eigenvalue weighted by atomic mass is 16.3. The maximum absolute atomic E-state index is 11.1. The van der Waals surface area contributed by atoms with Crippen molar-refractivity contribution in [3.8, 4) is 45.8 Å². The summed E-state index contributed by atoms with van der Waals surface area (Å²) in [5, 5.41) is 29.7. The lowest BCUT2D eigenvalue weighted by molar-refractivity contribution is 0.672. The van der Waals surface area contributed by atoms with Crippen LogP contribution in [0.15, 0.2) is 191 Å². The van der Waals surface area contributed by atoms with Crippen LogP contribution in [0.5, 0.6) is 0 Å². The number of rotatable bonds is 4. The molecule has 0 radical (unpaired) electrons. The van der Waals surface area contributed by atoms with Crippen molar-refractivity contribution in [2.75, 3.05) is 0 Å². The molecule has 62 heavy (non-hydrogen) atoms. The maximum Gasteiger partial charge on any atom is 0.145 e. The molecule has 0 aliphatic rings. The number of aromatic nitrogens is 2. The summed E-state index contributed by atoms with van der Waals surface area (Å²) >= 11 is 0. The molecular formula is C56H30N4O2. The zero-order chi connectivity index (χ0) is 41.1. The van der Waals surface area contributed by atoms with E-state index in [2.05, 4.69) is 130 Å². The molecule has 0 unspecified atom stereocenters. The summed E-state index contributed by atoms with van der Waals surface area (Å²) in [5.74, 6) is 0. The van der Waals surface area contributed by atoms with E-state index >= 15 is 0 Å². The number of hydrogen-bond acceptors (Lipinski definition) is 4. The first kappa shape index (κ1) is 34.1. The minimum atomic E-state index is 0.494. The van der Waals surface area contributed by atoms with Crippen LogP contribution in [-0.2, 0) is 0 Å². The van der Waals surface area contributed by atoms with E-state index in [1.807, 2.05) is 66.7 Å². The highest BCUT2D eigenvalue weighted by Crippen LogP contribution is 2.46. The third-order valence-corrected chi connectivity index (χ3v) is 12.6. The smallest absolute Gasteiger partial charge is 0.145 e. The molecule has 286 valence electrons. The van der Waals surface area contributed by atoms with Gasteiger partial charge in [-0.15, -0.1) is 0 Å². The number of para-hydroxylation sites is 4. The Bertz CT molecular complexity index is 4140. The average Bonchev–Trinajstić information content (AvgIpc) is 4.08. The summed E-state index contributed by atoms with van der Waals surface area (Å²) in [7, 11) is 0. The Labute approximate surface area is 353 Å². The van der Waals surface area contributed by atoms with E-state index in [4.69, 9.17) is 8.83 Å². The zero-order valence-corrected chi connectivity index (χ0v) is 32.9. The van der Waals surface area contributed by atoms with Crippen molar-refractivity contribution in [2.24, 2.45) is 0 Å². The Kier molecular flexibility index (Phi) is 7.05. The summed E-state index contributed by atoms with van der Waals surface area (Å²) in [6.45, 7) is 0. The summed E-state index contributed by atoms with van der Waals surface area (Å²) in [5.41, 5.74) is 13.4. The highest BCUT2D eigenvalue weighted by molar-refractivity contribution is 6.25. The third-order valence-electron chi connectivity index (χ3n) is 12.6. The number of benzene rings is 9. The molecule has 6 nitrogen and oxygen atoms in total. The van der Waals surface area contributed by atoms with Crippen molar-refractivity contribution >= 4 is 87.5 Å². The van der Waals surface area contributed by atoms with Gasteiger partial charge in [-0.25, -0.2) is 0 Å². The SMILES string of the molecule is N#Cc1ccccc1-c1cccc(-c2ccc(-n3c4ccccc4c4c5oc6ccccc6c5ccc43)cc2-n2c3ccccc3c3c4oc5ccccc5c4ccc32)c1C#N. The Morgan fingerprint density at radius 2 is 0.887 bits per heavy atom. The van der Waals surface area contributed by atoms with Crippen LogP contribution in [0.25, 0.3) is 121 Å². The van der Waals surface area contributed by atoms with Crippen molar-refractivity contribution in [3.63, 3.8) is 0 Å². The minimum Gasteiger partial charge on any atom is -0.455 e. The monoisotopic (exact) mass is 790 g/mol. The number of nitrogens with zero attached hydrogens (tertiary/aromatic N) is 4. The molecule has 0 aliphatic carbocycles. The molecule has 0 aliphatic heterocycles. The van der Waals surface area contributed by atoms with Gasteiger partial charge < -0.3 is 18.0 Å². The third kappa shape index (κ3) is 4.61. The summed E-state index contributed by atoms with van der Waals surface area (Å²) in [6.07, 6.45) is 0. The Balaban J connectivity index is 1.16. The Morgan fingerprint density at radius 1 is 0.371 bits per heavy atom. The molecule has 0 atom stereocenters. The molecule has 4 heterocycles. The van der Waals surface area contributed by atoms with Crippen molar-refractivity contribution < 1.29 is 8.83 Å². The first-order valence-corrected chi connectivity index (χ1v) is 20.5. The van der Waals surface area contributed by atoms with E-state index in [0.717, 1.165) is 116 Å². The van der Waals surface area contributed by atoms with Gasteiger partial charge in [-0.3, -0.25) is 0 Å². The van der Waals surface area contributed by atoms with Gasteiger partial charge >= 0.3 is 0 Å². The molecule has 6 heteroatoms. The van der Waals surface area contributed by atoms with Crippen LogP contribution in [0.2, 0.25) is 0 Å². The van der Waals surface area contributed by atoms with E-state index in [1.165, 1.54) is 0 Å². The molecule has 0 N–H and O–H groups in total. The van der Waals surface area contributed by atoms with Gasteiger partial charge in [0.15, 0.2) is 0 Å². The van der Waals surface area contributed by atoms with E-state index in [9.17, 15) is 10.5 Å².